The van der Waals surface area contributed by atoms with Crippen LogP contribution in [0.25, 0.3) is 0 Å². The Balaban J connectivity index is 2.00. The van der Waals surface area contributed by atoms with Gasteiger partial charge >= 0.3 is 0 Å². The summed E-state index contributed by atoms with van der Waals surface area (Å²) in [5, 5.41) is 0. The normalized spacial score (nSPS) is 18.2. The first kappa shape index (κ1) is 23.0. The van der Waals surface area contributed by atoms with Crippen LogP contribution in [0.3, 0.4) is 0 Å². The summed E-state index contributed by atoms with van der Waals surface area (Å²) >= 11 is 0. The van der Waals surface area contributed by atoms with E-state index < -0.39 is 31.9 Å². The fourth-order valence-electron chi connectivity index (χ4n) is 3.29. The van der Waals surface area contributed by atoms with E-state index in [9.17, 15) is 21.6 Å². The highest BCUT2D eigenvalue weighted by Gasteiger charge is 2.42. The molecule has 1 fully saturated rings. The van der Waals surface area contributed by atoms with Crippen molar-refractivity contribution < 1.29 is 31.1 Å². The molecule has 2 aromatic rings. The number of hydrogen-bond donors (Lipinski definition) is 1. The van der Waals surface area contributed by atoms with Crippen LogP contribution in [0.2, 0.25) is 0 Å². The smallest absolute Gasteiger partial charge is 0.244 e. The predicted molar refractivity (Wildman–Crippen MR) is 115 cm³/mol. The maximum Gasteiger partial charge on any atom is 0.244 e. The number of amides is 1. The van der Waals surface area contributed by atoms with Crippen LogP contribution in [0.15, 0.2) is 47.4 Å². The fourth-order valence-corrected chi connectivity index (χ4v) is 6.28. The van der Waals surface area contributed by atoms with Crippen molar-refractivity contribution in [3.8, 4) is 11.5 Å². The molecule has 0 radical (unpaired) electrons. The summed E-state index contributed by atoms with van der Waals surface area (Å²) in [6, 6.07) is 10.8. The number of methoxy groups -OCH3 is 1. The SMILES string of the molecule is CCOc1ccc(N2C(=O)C(C)CS2(=O)=O)cc1S(=O)(=O)NCc1ccccc1OC. The Bertz CT molecular complexity index is 1190. The van der Waals surface area contributed by atoms with Crippen LogP contribution in [0.5, 0.6) is 11.5 Å². The van der Waals surface area contributed by atoms with Gasteiger partial charge in [0.05, 0.1) is 31.1 Å². The first-order valence-electron chi connectivity index (χ1n) is 9.56. The molecule has 11 heteroatoms. The number of nitrogens with zero attached hydrogens (tertiary/aromatic N) is 1. The van der Waals surface area contributed by atoms with Crippen molar-refractivity contribution in [3.63, 3.8) is 0 Å². The summed E-state index contributed by atoms with van der Waals surface area (Å²) in [6.45, 7) is 3.36. The van der Waals surface area contributed by atoms with E-state index in [0.717, 1.165) is 6.07 Å². The molecule has 31 heavy (non-hydrogen) atoms. The lowest BCUT2D eigenvalue weighted by Crippen LogP contribution is -2.31. The summed E-state index contributed by atoms with van der Waals surface area (Å²) in [7, 11) is -6.51. The van der Waals surface area contributed by atoms with Crippen molar-refractivity contribution in [1.29, 1.82) is 0 Å². The van der Waals surface area contributed by atoms with Crippen LogP contribution in [0, 0.1) is 5.92 Å². The van der Waals surface area contributed by atoms with Crippen molar-refractivity contribution in [2.45, 2.75) is 25.3 Å². The molecule has 1 amide bonds. The number of carbonyl (C=O) groups is 1. The lowest BCUT2D eigenvalue weighted by atomic mass is 10.2. The van der Waals surface area contributed by atoms with Crippen molar-refractivity contribution in [3.05, 3.63) is 48.0 Å². The first-order chi connectivity index (χ1) is 14.6. The molecule has 1 aliphatic heterocycles. The van der Waals surface area contributed by atoms with Crippen LogP contribution < -0.4 is 18.5 Å². The van der Waals surface area contributed by atoms with E-state index in [1.165, 1.54) is 26.2 Å². The average Bonchev–Trinajstić information content (AvgIpc) is 2.93. The van der Waals surface area contributed by atoms with E-state index in [1.54, 1.807) is 31.2 Å². The zero-order valence-corrected chi connectivity index (χ0v) is 19.0. The molecule has 168 valence electrons. The van der Waals surface area contributed by atoms with Gasteiger partial charge in [-0.15, -0.1) is 0 Å². The van der Waals surface area contributed by atoms with E-state index in [4.69, 9.17) is 9.47 Å². The molecule has 0 aliphatic carbocycles. The highest BCUT2D eigenvalue weighted by atomic mass is 32.2. The highest BCUT2D eigenvalue weighted by Crippen LogP contribution is 2.34. The molecule has 1 heterocycles. The molecule has 0 aromatic heterocycles. The van der Waals surface area contributed by atoms with Crippen molar-refractivity contribution in [1.82, 2.24) is 4.72 Å². The van der Waals surface area contributed by atoms with E-state index >= 15 is 0 Å². The number of anilines is 1. The Morgan fingerprint density at radius 1 is 1.16 bits per heavy atom. The number of benzene rings is 2. The minimum absolute atomic E-state index is 0.0459. The minimum atomic E-state index is -4.12. The maximum atomic E-state index is 13.1. The second kappa shape index (κ2) is 8.85. The Hall–Kier alpha value is -2.63. The number of nitrogens with one attached hydrogen (secondary N) is 1. The van der Waals surface area contributed by atoms with Gasteiger partial charge in [0, 0.05) is 12.1 Å². The summed E-state index contributed by atoms with van der Waals surface area (Å²) in [4.78, 5) is 12.2. The largest absolute Gasteiger partial charge is 0.496 e. The van der Waals surface area contributed by atoms with Crippen molar-refractivity contribution in [2.75, 3.05) is 23.8 Å². The van der Waals surface area contributed by atoms with Gasteiger partial charge in [-0.05, 0) is 31.2 Å². The topological polar surface area (TPSA) is 119 Å². The van der Waals surface area contributed by atoms with Gasteiger partial charge in [0.1, 0.15) is 16.4 Å². The molecule has 9 nitrogen and oxygen atoms in total. The third-order valence-corrected chi connectivity index (χ3v) is 8.05. The van der Waals surface area contributed by atoms with E-state index in [2.05, 4.69) is 4.72 Å². The molecule has 1 atom stereocenters. The molecule has 1 saturated heterocycles. The van der Waals surface area contributed by atoms with Gasteiger partial charge in [-0.25, -0.2) is 25.9 Å². The molecule has 1 unspecified atom stereocenters. The maximum absolute atomic E-state index is 13.1. The van der Waals surface area contributed by atoms with Crippen molar-refractivity contribution in [2.24, 2.45) is 5.92 Å². The number of sulfonamides is 2. The number of para-hydroxylation sites is 1. The summed E-state index contributed by atoms with van der Waals surface area (Å²) in [6.07, 6.45) is 0. The predicted octanol–water partition coefficient (Wildman–Crippen LogP) is 1.88. The second-order valence-corrected chi connectivity index (χ2v) is 10.6. The zero-order valence-electron chi connectivity index (χ0n) is 17.4. The zero-order chi connectivity index (χ0) is 22.8. The van der Waals surface area contributed by atoms with Gasteiger partial charge in [0.2, 0.25) is 26.0 Å². The van der Waals surface area contributed by atoms with E-state index in [-0.39, 0.29) is 35.2 Å². The van der Waals surface area contributed by atoms with Crippen molar-refractivity contribution >= 4 is 31.6 Å². The van der Waals surface area contributed by atoms with Gasteiger partial charge < -0.3 is 9.47 Å². The monoisotopic (exact) mass is 468 g/mol. The first-order valence-corrected chi connectivity index (χ1v) is 12.6. The average molecular weight is 469 g/mol. The second-order valence-electron chi connectivity index (χ2n) is 6.98. The Labute approximate surface area is 182 Å². The van der Waals surface area contributed by atoms with Gasteiger partial charge in [-0.2, -0.15) is 0 Å². The molecule has 0 bridgehead atoms. The Kier molecular flexibility index (Phi) is 6.58. The standard InChI is InChI=1S/C20H24N2O7S2/c1-4-29-18-10-9-16(22-20(23)14(2)13-30(22,24)25)11-19(18)31(26,27)21-12-15-7-5-6-8-17(15)28-3/h5-11,14,21H,4,12-13H2,1-3H3. The molecule has 2 aromatic carbocycles. The molecule has 3 rings (SSSR count). The highest BCUT2D eigenvalue weighted by molar-refractivity contribution is 7.94. The van der Waals surface area contributed by atoms with Gasteiger partial charge in [-0.1, -0.05) is 25.1 Å². The molecule has 1 aliphatic rings. The fraction of sp³-hybridized carbons (Fsp3) is 0.350. The van der Waals surface area contributed by atoms with Crippen LogP contribution in [-0.2, 0) is 31.4 Å². The van der Waals surface area contributed by atoms with E-state index in [0.29, 0.717) is 15.6 Å². The molecule has 0 saturated carbocycles. The van der Waals surface area contributed by atoms with Crippen LogP contribution in [0.4, 0.5) is 5.69 Å². The summed E-state index contributed by atoms with van der Waals surface area (Å²) in [5.74, 6) is -1.06. The quantitative estimate of drug-likeness (QED) is 0.628. The Morgan fingerprint density at radius 2 is 1.87 bits per heavy atom. The van der Waals surface area contributed by atoms with E-state index in [1.807, 2.05) is 0 Å². The van der Waals surface area contributed by atoms with Crippen LogP contribution >= 0.6 is 0 Å². The molecular formula is C20H24N2O7S2. The number of hydrogen-bond acceptors (Lipinski definition) is 7. The minimum Gasteiger partial charge on any atom is -0.496 e. The van der Waals surface area contributed by atoms with Gasteiger partial charge in [-0.3, -0.25) is 4.79 Å². The number of carbonyl (C=O) groups excluding carboxylic acids is 1. The Morgan fingerprint density at radius 3 is 2.48 bits per heavy atom. The third-order valence-electron chi connectivity index (χ3n) is 4.76. The van der Waals surface area contributed by atoms with Crippen LogP contribution in [0.1, 0.15) is 19.4 Å². The molecule has 0 spiro atoms. The molecule has 1 N–H and O–H groups in total. The summed E-state index contributed by atoms with van der Waals surface area (Å²) < 4.78 is 64.9. The number of rotatable bonds is 8. The van der Waals surface area contributed by atoms with Crippen LogP contribution in [-0.4, -0.2) is 42.2 Å². The van der Waals surface area contributed by atoms with Gasteiger partial charge in [0.25, 0.3) is 0 Å². The third kappa shape index (κ3) is 4.68. The van der Waals surface area contributed by atoms with Gasteiger partial charge in [0.15, 0.2) is 0 Å². The lowest BCUT2D eigenvalue weighted by Gasteiger charge is -2.19. The summed E-state index contributed by atoms with van der Waals surface area (Å²) in [5.41, 5.74) is 0.573. The lowest BCUT2D eigenvalue weighted by molar-refractivity contribution is -0.119. The molecular weight excluding hydrogens is 444 g/mol. The number of ether oxygens (including phenoxy) is 2.